The summed E-state index contributed by atoms with van der Waals surface area (Å²) in [6, 6.07) is 8.09. The predicted octanol–water partition coefficient (Wildman–Crippen LogP) is 3.72. The summed E-state index contributed by atoms with van der Waals surface area (Å²) < 4.78 is 7.00. The van der Waals surface area contributed by atoms with Crippen molar-refractivity contribution < 1.29 is 14.3 Å². The number of likely N-dealkylation sites (tertiary alicyclic amines) is 1. The maximum absolute atomic E-state index is 13.6. The molecule has 2 amide bonds. The number of hydrogen-bond donors (Lipinski definition) is 1. The molecule has 1 saturated heterocycles. The molecule has 3 aromatic rings. The van der Waals surface area contributed by atoms with Gasteiger partial charge in [0.05, 0.1) is 22.1 Å². The Kier molecular flexibility index (Phi) is 5.44. The summed E-state index contributed by atoms with van der Waals surface area (Å²) in [5.74, 6) is 1.28. The van der Waals surface area contributed by atoms with Crippen molar-refractivity contribution >= 4 is 23.3 Å². The summed E-state index contributed by atoms with van der Waals surface area (Å²) in [6.45, 7) is 6.82. The molecule has 1 N–H and O–H groups in total. The van der Waals surface area contributed by atoms with E-state index in [9.17, 15) is 9.59 Å². The molecular weight excluding hydrogens is 438 g/mol. The zero-order valence-corrected chi connectivity index (χ0v) is 20.0. The van der Waals surface area contributed by atoms with Crippen molar-refractivity contribution in [1.82, 2.24) is 25.0 Å². The molecule has 0 bridgehead atoms. The van der Waals surface area contributed by atoms with Gasteiger partial charge in [-0.25, -0.2) is 9.78 Å². The maximum atomic E-state index is 13.6. The quantitative estimate of drug-likeness (QED) is 0.620. The van der Waals surface area contributed by atoms with E-state index in [0.29, 0.717) is 42.1 Å². The maximum Gasteiger partial charge on any atom is 0.412 e. The van der Waals surface area contributed by atoms with Crippen molar-refractivity contribution in [3.8, 4) is 16.2 Å². The fraction of sp³-hybridized carbons (Fsp3) is 0.417. The fourth-order valence-electron chi connectivity index (χ4n) is 4.76. The van der Waals surface area contributed by atoms with E-state index in [1.807, 2.05) is 36.9 Å². The van der Waals surface area contributed by atoms with E-state index in [1.54, 1.807) is 36.2 Å². The lowest BCUT2D eigenvalue weighted by molar-refractivity contribution is 0.0700. The molecule has 9 heteroatoms. The summed E-state index contributed by atoms with van der Waals surface area (Å²) in [5, 5.41) is 7.90. The van der Waals surface area contributed by atoms with Crippen molar-refractivity contribution in [3.05, 3.63) is 52.4 Å². The van der Waals surface area contributed by atoms with Crippen molar-refractivity contribution in [2.24, 2.45) is 18.9 Å². The number of aromatic nitrogens is 3. The second kappa shape index (κ2) is 8.30. The topological polar surface area (TPSA) is 89.4 Å². The van der Waals surface area contributed by atoms with E-state index < -0.39 is 6.09 Å². The average molecular weight is 466 g/mol. The first-order valence-electron chi connectivity index (χ1n) is 11.1. The molecule has 2 aliphatic rings. The van der Waals surface area contributed by atoms with Crippen LogP contribution in [0.4, 0.5) is 4.79 Å². The molecule has 3 atom stereocenters. The van der Waals surface area contributed by atoms with Gasteiger partial charge in [0.15, 0.2) is 5.75 Å². The van der Waals surface area contributed by atoms with E-state index in [-0.39, 0.29) is 11.9 Å². The van der Waals surface area contributed by atoms with Crippen molar-refractivity contribution in [3.63, 3.8) is 0 Å². The summed E-state index contributed by atoms with van der Waals surface area (Å²) in [4.78, 5) is 33.4. The predicted molar refractivity (Wildman–Crippen MR) is 125 cm³/mol. The summed E-state index contributed by atoms with van der Waals surface area (Å²) in [7, 11) is 1.78. The Morgan fingerprint density at radius 1 is 1.27 bits per heavy atom. The number of rotatable bonds is 5. The van der Waals surface area contributed by atoms with Crippen LogP contribution < -0.4 is 10.1 Å². The van der Waals surface area contributed by atoms with Gasteiger partial charge in [0, 0.05) is 20.1 Å². The van der Waals surface area contributed by atoms with Crippen LogP contribution in [-0.4, -0.2) is 50.8 Å². The smallest absolute Gasteiger partial charge is 0.407 e. The first kappa shape index (κ1) is 21.6. The lowest BCUT2D eigenvalue weighted by Gasteiger charge is -2.27. The number of carbonyl (C=O) groups excluding carboxylic acids is 2. The third-order valence-corrected chi connectivity index (χ3v) is 7.43. The Labute approximate surface area is 196 Å². The molecule has 0 unspecified atom stereocenters. The van der Waals surface area contributed by atoms with E-state index >= 15 is 0 Å². The van der Waals surface area contributed by atoms with Gasteiger partial charge in [0.25, 0.3) is 5.91 Å². The molecule has 1 saturated carbocycles. The lowest BCUT2D eigenvalue weighted by atomic mass is 10.1. The highest BCUT2D eigenvalue weighted by atomic mass is 32.1. The summed E-state index contributed by atoms with van der Waals surface area (Å²) in [5.41, 5.74) is 3.31. The molecule has 0 spiro atoms. The summed E-state index contributed by atoms with van der Waals surface area (Å²) >= 11 is 1.54. The minimum absolute atomic E-state index is 0.0580. The number of thiazole rings is 1. The highest BCUT2D eigenvalue weighted by Crippen LogP contribution is 2.50. The van der Waals surface area contributed by atoms with Crippen molar-refractivity contribution in [2.75, 3.05) is 13.1 Å². The largest absolute Gasteiger partial charge is 0.412 e. The van der Waals surface area contributed by atoms with Gasteiger partial charge >= 0.3 is 6.09 Å². The fourth-order valence-corrected chi connectivity index (χ4v) is 5.67. The van der Waals surface area contributed by atoms with Gasteiger partial charge in [-0.1, -0.05) is 29.8 Å². The number of ether oxygens (including phenoxy) is 1. The second-order valence-corrected chi connectivity index (χ2v) is 10.2. The number of hydrogen-bond acceptors (Lipinski definition) is 6. The highest BCUT2D eigenvalue weighted by Gasteiger charge is 2.54. The van der Waals surface area contributed by atoms with Crippen LogP contribution >= 0.6 is 11.3 Å². The Bertz CT molecular complexity index is 1230. The second-order valence-electron chi connectivity index (χ2n) is 8.99. The van der Waals surface area contributed by atoms with E-state index in [1.165, 1.54) is 0 Å². The first-order valence-corrected chi connectivity index (χ1v) is 11.9. The molecule has 2 fully saturated rings. The van der Waals surface area contributed by atoms with Crippen LogP contribution in [0.15, 0.2) is 30.5 Å². The van der Waals surface area contributed by atoms with Gasteiger partial charge in [-0.15, -0.1) is 11.3 Å². The van der Waals surface area contributed by atoms with Gasteiger partial charge in [0.2, 0.25) is 0 Å². The van der Waals surface area contributed by atoms with Gasteiger partial charge in [-0.2, -0.15) is 5.10 Å². The van der Waals surface area contributed by atoms with E-state index in [0.717, 1.165) is 27.4 Å². The van der Waals surface area contributed by atoms with Crippen LogP contribution in [0, 0.1) is 32.6 Å². The number of amides is 2. The average Bonchev–Trinajstić information content (AvgIpc) is 3.10. The Morgan fingerprint density at radius 2 is 2.09 bits per heavy atom. The van der Waals surface area contributed by atoms with Crippen molar-refractivity contribution in [1.29, 1.82) is 0 Å². The number of piperidine rings is 1. The third kappa shape index (κ3) is 4.25. The van der Waals surface area contributed by atoms with Crippen LogP contribution in [0.5, 0.6) is 5.75 Å². The number of aryl methyl sites for hydroxylation is 4. The first-order chi connectivity index (χ1) is 15.8. The Balaban J connectivity index is 1.31. The van der Waals surface area contributed by atoms with Gasteiger partial charge in [-0.3, -0.25) is 9.48 Å². The molecule has 8 nitrogen and oxygen atoms in total. The number of nitrogens with one attached hydrogen (secondary N) is 1. The molecule has 1 aliphatic carbocycles. The van der Waals surface area contributed by atoms with Crippen LogP contribution in [0.25, 0.3) is 10.4 Å². The minimum Gasteiger partial charge on any atom is -0.407 e. The molecule has 3 heterocycles. The van der Waals surface area contributed by atoms with Crippen LogP contribution in [0.3, 0.4) is 0 Å². The minimum atomic E-state index is -0.535. The van der Waals surface area contributed by atoms with E-state index in [4.69, 9.17) is 4.74 Å². The molecule has 2 aromatic heterocycles. The third-order valence-electron chi connectivity index (χ3n) is 6.41. The van der Waals surface area contributed by atoms with Gasteiger partial charge in [-0.05, 0) is 44.6 Å². The molecule has 5 rings (SSSR count). The Morgan fingerprint density at radius 3 is 2.82 bits per heavy atom. The molecule has 1 aromatic carbocycles. The monoisotopic (exact) mass is 465 g/mol. The normalized spacial score (nSPS) is 21.1. The van der Waals surface area contributed by atoms with Crippen LogP contribution in [0.2, 0.25) is 0 Å². The Hall–Kier alpha value is -3.20. The number of fused-ring (bicyclic) bond motifs is 1. The molecule has 172 valence electrons. The molecule has 33 heavy (non-hydrogen) atoms. The SMILES string of the molecule is Cc1cccc(-c2sc(C)nc2C(=O)N2C[C@@H]3C[C@@H]3[C@H]2CNC(=O)Oc2cn(C)nc2C)c1. The standard InChI is InChI=1S/C24H27N5O3S/c1-13-6-5-7-16(8-13)22-21(26-15(3)33-22)23(30)29-11-17-9-18(17)19(29)10-25-24(31)32-20-12-28(4)27-14(20)2/h5-8,12,17-19H,9-11H2,1-4H3,(H,25,31)/t17-,18-,19+/m0/s1. The lowest BCUT2D eigenvalue weighted by Crippen LogP contribution is -2.46. The van der Waals surface area contributed by atoms with Crippen LogP contribution in [0.1, 0.15) is 33.2 Å². The molecular formula is C24H27N5O3S. The number of nitrogens with zero attached hydrogens (tertiary/aromatic N) is 4. The zero-order valence-electron chi connectivity index (χ0n) is 19.2. The zero-order chi connectivity index (χ0) is 23.3. The number of benzene rings is 1. The van der Waals surface area contributed by atoms with Crippen LogP contribution in [-0.2, 0) is 7.05 Å². The summed E-state index contributed by atoms with van der Waals surface area (Å²) in [6.07, 6.45) is 2.22. The van der Waals surface area contributed by atoms with Crippen molar-refractivity contribution in [2.45, 2.75) is 33.2 Å². The van der Waals surface area contributed by atoms with Gasteiger partial charge in [0.1, 0.15) is 11.4 Å². The highest BCUT2D eigenvalue weighted by molar-refractivity contribution is 7.15. The van der Waals surface area contributed by atoms with E-state index in [2.05, 4.69) is 21.5 Å². The molecule has 0 radical (unpaired) electrons. The molecule has 1 aliphatic heterocycles. The number of carbonyl (C=O) groups is 2. The van der Waals surface area contributed by atoms with Gasteiger partial charge < -0.3 is 15.0 Å².